The molecule has 8 heteroatoms. The summed E-state index contributed by atoms with van der Waals surface area (Å²) in [5, 5.41) is 3.46. The molecule has 0 N–H and O–H groups in total. The van der Waals surface area contributed by atoms with Gasteiger partial charge in [-0.2, -0.15) is 0 Å². The van der Waals surface area contributed by atoms with E-state index in [0.717, 1.165) is 27.6 Å². The van der Waals surface area contributed by atoms with Crippen LogP contribution < -0.4 is 9.64 Å². The minimum Gasteiger partial charge on any atom is -0.494 e. The first-order valence-electron chi connectivity index (χ1n) is 10.0. The quantitative estimate of drug-likeness (QED) is 0.335. The van der Waals surface area contributed by atoms with Crippen LogP contribution in [0.5, 0.6) is 5.75 Å². The molecule has 0 spiro atoms. The van der Waals surface area contributed by atoms with Crippen molar-refractivity contribution in [1.29, 1.82) is 0 Å². The number of nitrogens with zero attached hydrogens (tertiary/aromatic N) is 3. The van der Waals surface area contributed by atoms with Crippen LogP contribution in [0.1, 0.15) is 5.56 Å². The van der Waals surface area contributed by atoms with Gasteiger partial charge < -0.3 is 9.64 Å². The first-order valence-corrected chi connectivity index (χ1v) is 11.2. The van der Waals surface area contributed by atoms with E-state index in [0.29, 0.717) is 34.4 Å². The maximum Gasteiger partial charge on any atom is 0.233 e. The predicted octanol–water partition coefficient (Wildman–Crippen LogP) is 5.67. The van der Waals surface area contributed by atoms with Crippen LogP contribution in [0, 0.1) is 0 Å². The van der Waals surface area contributed by atoms with E-state index in [2.05, 4.69) is 23.1 Å². The van der Waals surface area contributed by atoms with Crippen LogP contribution in [0.4, 0.5) is 5.13 Å². The highest BCUT2D eigenvalue weighted by Gasteiger charge is 2.22. The van der Waals surface area contributed by atoms with Crippen LogP contribution in [-0.4, -0.2) is 50.1 Å². The normalized spacial score (nSPS) is 11.0. The fourth-order valence-electron chi connectivity index (χ4n) is 3.55. The molecular formula is C24H25Cl2N3O2S. The number of methoxy groups -OCH3 is 1. The maximum atomic E-state index is 13.5. The van der Waals surface area contributed by atoms with Crippen molar-refractivity contribution in [2.45, 2.75) is 6.42 Å². The molecule has 4 rings (SSSR count). The molecule has 4 aromatic rings. The molecule has 1 aromatic heterocycles. The van der Waals surface area contributed by atoms with Gasteiger partial charge in [-0.3, -0.25) is 9.69 Å². The number of amides is 1. The Balaban J connectivity index is 0.00000289. The number of thiazole rings is 1. The Bertz CT molecular complexity index is 1240. The molecule has 168 valence electrons. The molecule has 0 saturated carbocycles. The standard InChI is InChI=1S/C24H24ClN3O2S.ClH/c1-27(2)13-14-28(24-26-22-20(30-3)12-11-19(25)23(22)31-24)21(29)15-17-9-6-8-16-7-4-5-10-18(16)17;/h4-12H,13-15H2,1-3H3;1H. The Hall–Kier alpha value is -2.38. The van der Waals surface area contributed by atoms with Crippen LogP contribution in [0.3, 0.4) is 0 Å². The Morgan fingerprint density at radius 3 is 2.56 bits per heavy atom. The summed E-state index contributed by atoms with van der Waals surface area (Å²) in [6.07, 6.45) is 0.301. The number of aromatic nitrogens is 1. The molecular weight excluding hydrogens is 465 g/mol. The van der Waals surface area contributed by atoms with Gasteiger partial charge in [-0.25, -0.2) is 4.98 Å². The molecule has 0 saturated heterocycles. The number of benzene rings is 3. The van der Waals surface area contributed by atoms with Gasteiger partial charge in [-0.15, -0.1) is 12.4 Å². The van der Waals surface area contributed by atoms with Crippen molar-refractivity contribution in [3.63, 3.8) is 0 Å². The third-order valence-corrected chi connectivity index (χ3v) is 6.73. The van der Waals surface area contributed by atoms with Crippen LogP contribution in [0.15, 0.2) is 54.6 Å². The molecule has 0 unspecified atom stereocenters. The average molecular weight is 490 g/mol. The summed E-state index contributed by atoms with van der Waals surface area (Å²) in [5.41, 5.74) is 1.69. The maximum absolute atomic E-state index is 13.5. The zero-order valence-electron chi connectivity index (χ0n) is 18.2. The molecule has 0 aliphatic heterocycles. The number of likely N-dealkylation sites (N-methyl/N-ethyl adjacent to an activating group) is 1. The second kappa shape index (κ2) is 10.5. The highest BCUT2D eigenvalue weighted by atomic mass is 35.5. The van der Waals surface area contributed by atoms with E-state index in [1.807, 2.05) is 38.4 Å². The van der Waals surface area contributed by atoms with Gasteiger partial charge in [-0.05, 0) is 42.6 Å². The van der Waals surface area contributed by atoms with Gasteiger partial charge in [0.05, 0.1) is 23.3 Å². The van der Waals surface area contributed by atoms with Gasteiger partial charge in [0, 0.05) is 13.1 Å². The van der Waals surface area contributed by atoms with Gasteiger partial charge in [0.1, 0.15) is 11.3 Å². The van der Waals surface area contributed by atoms with Gasteiger partial charge in [-0.1, -0.05) is 65.4 Å². The molecule has 0 bridgehead atoms. The third kappa shape index (κ3) is 4.99. The number of carbonyl (C=O) groups is 1. The van der Waals surface area contributed by atoms with E-state index in [1.54, 1.807) is 24.1 Å². The average Bonchev–Trinajstić information content (AvgIpc) is 3.20. The molecule has 0 radical (unpaired) electrons. The highest BCUT2D eigenvalue weighted by Crippen LogP contribution is 2.39. The molecule has 0 atom stereocenters. The fraction of sp³-hybridized carbons (Fsp3) is 0.250. The van der Waals surface area contributed by atoms with Gasteiger partial charge in [0.2, 0.25) is 5.91 Å². The largest absolute Gasteiger partial charge is 0.494 e. The smallest absolute Gasteiger partial charge is 0.233 e. The van der Waals surface area contributed by atoms with Gasteiger partial charge in [0.15, 0.2) is 5.13 Å². The second-order valence-corrected chi connectivity index (χ2v) is 8.97. The van der Waals surface area contributed by atoms with Crippen molar-refractivity contribution in [3.05, 3.63) is 65.2 Å². The highest BCUT2D eigenvalue weighted by molar-refractivity contribution is 7.23. The SMILES string of the molecule is COc1ccc(Cl)c2sc(N(CCN(C)C)C(=O)Cc3cccc4ccccc34)nc12.Cl. The van der Waals surface area contributed by atoms with E-state index in [9.17, 15) is 4.79 Å². The van der Waals surface area contributed by atoms with Crippen molar-refractivity contribution in [3.8, 4) is 5.75 Å². The molecule has 0 fully saturated rings. The lowest BCUT2D eigenvalue weighted by atomic mass is 10.0. The Morgan fingerprint density at radius 2 is 1.81 bits per heavy atom. The molecule has 0 aliphatic carbocycles. The number of fused-ring (bicyclic) bond motifs is 2. The number of hydrogen-bond donors (Lipinski definition) is 0. The van der Waals surface area contributed by atoms with Crippen LogP contribution >= 0.6 is 35.3 Å². The summed E-state index contributed by atoms with van der Waals surface area (Å²) in [6.45, 7) is 1.26. The van der Waals surface area contributed by atoms with Gasteiger partial charge >= 0.3 is 0 Å². The lowest BCUT2D eigenvalue weighted by molar-refractivity contribution is -0.118. The van der Waals surface area contributed by atoms with E-state index in [4.69, 9.17) is 21.3 Å². The lowest BCUT2D eigenvalue weighted by Crippen LogP contribution is -2.37. The van der Waals surface area contributed by atoms with Crippen LogP contribution in [0.25, 0.3) is 21.0 Å². The summed E-state index contributed by atoms with van der Waals surface area (Å²) in [7, 11) is 5.59. The molecule has 32 heavy (non-hydrogen) atoms. The van der Waals surface area contributed by atoms with Crippen molar-refractivity contribution in [2.24, 2.45) is 0 Å². The zero-order valence-corrected chi connectivity index (χ0v) is 20.6. The number of anilines is 1. The van der Waals surface area contributed by atoms with Crippen LogP contribution in [-0.2, 0) is 11.2 Å². The summed E-state index contributed by atoms with van der Waals surface area (Å²) in [6, 6.07) is 17.8. The Morgan fingerprint density at radius 1 is 1.06 bits per heavy atom. The fourth-order valence-corrected chi connectivity index (χ4v) is 4.85. The number of carbonyl (C=O) groups excluding carboxylic acids is 1. The molecule has 1 amide bonds. The van der Waals surface area contributed by atoms with Crippen LogP contribution in [0.2, 0.25) is 5.02 Å². The van der Waals surface area contributed by atoms with Gasteiger partial charge in [0.25, 0.3) is 0 Å². The minimum atomic E-state index is 0. The minimum absolute atomic E-state index is 0. The summed E-state index contributed by atoms with van der Waals surface area (Å²) < 4.78 is 6.27. The monoisotopic (exact) mass is 489 g/mol. The van der Waals surface area contributed by atoms with E-state index >= 15 is 0 Å². The summed E-state index contributed by atoms with van der Waals surface area (Å²) in [4.78, 5) is 22.1. The number of rotatable bonds is 7. The van der Waals surface area contributed by atoms with E-state index < -0.39 is 0 Å². The first-order chi connectivity index (χ1) is 15.0. The molecule has 1 heterocycles. The summed E-state index contributed by atoms with van der Waals surface area (Å²) in [5.74, 6) is 0.656. The lowest BCUT2D eigenvalue weighted by Gasteiger charge is -2.22. The molecule has 3 aromatic carbocycles. The molecule has 5 nitrogen and oxygen atoms in total. The number of halogens is 2. The Kier molecular flexibility index (Phi) is 7.96. The van der Waals surface area contributed by atoms with Crippen molar-refractivity contribution < 1.29 is 9.53 Å². The number of ether oxygens (including phenoxy) is 1. The van der Waals surface area contributed by atoms with E-state index in [-0.39, 0.29) is 18.3 Å². The second-order valence-electron chi connectivity index (χ2n) is 7.59. The zero-order chi connectivity index (χ0) is 22.0. The third-order valence-electron chi connectivity index (χ3n) is 5.19. The Labute approximate surface area is 203 Å². The van der Waals surface area contributed by atoms with Crippen molar-refractivity contribution >= 4 is 67.4 Å². The summed E-state index contributed by atoms with van der Waals surface area (Å²) >= 11 is 7.83. The van der Waals surface area contributed by atoms with Crippen molar-refractivity contribution in [1.82, 2.24) is 9.88 Å². The predicted molar refractivity (Wildman–Crippen MR) is 137 cm³/mol. The van der Waals surface area contributed by atoms with Crippen molar-refractivity contribution in [2.75, 3.05) is 39.2 Å². The topological polar surface area (TPSA) is 45.7 Å². The first kappa shape index (κ1) is 24.3. The van der Waals surface area contributed by atoms with E-state index in [1.165, 1.54) is 11.3 Å². The molecule has 0 aliphatic rings. The number of hydrogen-bond acceptors (Lipinski definition) is 5.